The summed E-state index contributed by atoms with van der Waals surface area (Å²) in [5.74, 6) is -1.06. The van der Waals surface area contributed by atoms with Gasteiger partial charge in [0.15, 0.2) is 4.77 Å². The summed E-state index contributed by atoms with van der Waals surface area (Å²) in [6.07, 6.45) is 4.09. The zero-order chi connectivity index (χ0) is 14.4. The molecule has 3 rings (SSSR count). The first-order chi connectivity index (χ1) is 9.50. The molecular weight excluding hydrogens is 296 g/mol. The summed E-state index contributed by atoms with van der Waals surface area (Å²) in [5.41, 5.74) is 0.803. The normalized spacial score (nSPS) is 16.1. The van der Waals surface area contributed by atoms with Crippen LogP contribution in [0.1, 0.15) is 36.2 Å². The van der Waals surface area contributed by atoms with Crippen molar-refractivity contribution in [2.24, 2.45) is 0 Å². The third kappa shape index (κ3) is 1.92. The number of aliphatic carboxylic acids is 1. The lowest BCUT2D eigenvalue weighted by atomic mass is 9.97. The van der Waals surface area contributed by atoms with E-state index in [1.807, 2.05) is 0 Å². The Labute approximate surface area is 123 Å². The van der Waals surface area contributed by atoms with Gasteiger partial charge in [-0.05, 0) is 50.4 Å². The highest BCUT2D eigenvalue weighted by molar-refractivity contribution is 7.71. The molecule has 0 radical (unpaired) electrons. The lowest BCUT2D eigenvalue weighted by molar-refractivity contribution is -0.140. The summed E-state index contributed by atoms with van der Waals surface area (Å²) in [6, 6.07) is -0.963. The van der Waals surface area contributed by atoms with E-state index in [1.54, 1.807) is 11.3 Å². The molecule has 106 valence electrons. The van der Waals surface area contributed by atoms with E-state index in [4.69, 9.17) is 17.3 Å². The molecule has 0 saturated carbocycles. The summed E-state index contributed by atoms with van der Waals surface area (Å²) in [7, 11) is 0. The number of aromatic nitrogens is 2. The number of thiophene rings is 1. The molecule has 1 atom stereocenters. The minimum Gasteiger partial charge on any atom is -0.480 e. The van der Waals surface area contributed by atoms with Gasteiger partial charge in [0.25, 0.3) is 5.56 Å². The Hall–Kier alpha value is -1.47. The van der Waals surface area contributed by atoms with Gasteiger partial charge in [-0.25, -0.2) is 4.79 Å². The van der Waals surface area contributed by atoms with Gasteiger partial charge in [-0.15, -0.1) is 11.3 Å². The predicted octanol–water partition coefficient (Wildman–Crippen LogP) is 2.64. The number of hydrogen-bond acceptors (Lipinski definition) is 4. The molecule has 5 nitrogen and oxygen atoms in total. The number of nitrogens with zero attached hydrogens (tertiary/aromatic N) is 1. The van der Waals surface area contributed by atoms with Crippen LogP contribution in [0.15, 0.2) is 4.79 Å². The first-order valence-electron chi connectivity index (χ1n) is 6.52. The van der Waals surface area contributed by atoms with Crippen molar-refractivity contribution < 1.29 is 9.90 Å². The average Bonchev–Trinajstić information content (AvgIpc) is 2.76. The number of rotatable bonds is 2. The molecule has 0 aliphatic heterocycles. The fourth-order valence-electron chi connectivity index (χ4n) is 2.71. The van der Waals surface area contributed by atoms with E-state index in [2.05, 4.69) is 4.98 Å². The fourth-order valence-corrected chi connectivity index (χ4v) is 4.40. The average molecular weight is 310 g/mol. The second-order valence-corrected chi connectivity index (χ2v) is 6.53. The van der Waals surface area contributed by atoms with Crippen molar-refractivity contribution in [3.05, 3.63) is 25.6 Å². The Bertz CT molecular complexity index is 815. The van der Waals surface area contributed by atoms with Gasteiger partial charge in [0.05, 0.1) is 5.39 Å². The molecule has 0 saturated heterocycles. The Morgan fingerprint density at radius 1 is 1.45 bits per heavy atom. The number of carbonyl (C=O) groups is 1. The SMILES string of the molecule is C[C@@H](C(=O)O)n1c(=S)[nH]c2sc3c(c2c1=O)CCCC3. The Morgan fingerprint density at radius 2 is 2.15 bits per heavy atom. The highest BCUT2D eigenvalue weighted by Gasteiger charge is 2.23. The summed E-state index contributed by atoms with van der Waals surface area (Å²) in [4.78, 5) is 28.8. The van der Waals surface area contributed by atoms with Crippen molar-refractivity contribution in [1.29, 1.82) is 0 Å². The van der Waals surface area contributed by atoms with Crippen molar-refractivity contribution in [3.63, 3.8) is 0 Å². The molecule has 1 aliphatic rings. The molecule has 0 fully saturated rings. The maximum Gasteiger partial charge on any atom is 0.326 e. The maximum atomic E-state index is 12.6. The maximum absolute atomic E-state index is 12.6. The van der Waals surface area contributed by atoms with Gasteiger partial charge < -0.3 is 10.1 Å². The van der Waals surface area contributed by atoms with E-state index < -0.39 is 12.0 Å². The van der Waals surface area contributed by atoms with Gasteiger partial charge in [-0.2, -0.15) is 0 Å². The quantitative estimate of drug-likeness (QED) is 0.836. The Balaban J connectivity index is 2.36. The fraction of sp³-hybridized carbons (Fsp3) is 0.462. The van der Waals surface area contributed by atoms with Gasteiger partial charge in [-0.1, -0.05) is 0 Å². The second-order valence-electron chi connectivity index (χ2n) is 5.03. The highest BCUT2D eigenvalue weighted by Crippen LogP contribution is 2.33. The van der Waals surface area contributed by atoms with Crippen LogP contribution in [0.2, 0.25) is 0 Å². The van der Waals surface area contributed by atoms with E-state index in [9.17, 15) is 9.59 Å². The molecule has 2 heterocycles. The smallest absolute Gasteiger partial charge is 0.326 e. The standard InChI is InChI=1S/C13H14N2O3S2/c1-6(12(17)18)15-11(16)9-7-4-2-3-5-8(7)20-10(9)14-13(15)19/h6H,2-5H2,1H3,(H,14,19)(H,17,18)/t6-/m0/s1. The van der Waals surface area contributed by atoms with Crippen LogP contribution in [-0.4, -0.2) is 20.6 Å². The van der Waals surface area contributed by atoms with Gasteiger partial charge in [0, 0.05) is 4.88 Å². The van der Waals surface area contributed by atoms with E-state index in [-0.39, 0.29) is 10.3 Å². The largest absolute Gasteiger partial charge is 0.480 e. The van der Waals surface area contributed by atoms with Gasteiger partial charge in [0.2, 0.25) is 0 Å². The molecule has 0 spiro atoms. The minimum absolute atomic E-state index is 0.177. The van der Waals surface area contributed by atoms with Gasteiger partial charge in [-0.3, -0.25) is 9.36 Å². The number of fused-ring (bicyclic) bond motifs is 3. The van der Waals surface area contributed by atoms with Gasteiger partial charge >= 0.3 is 5.97 Å². The lowest BCUT2D eigenvalue weighted by Crippen LogP contribution is -2.29. The molecule has 2 N–H and O–H groups in total. The number of hydrogen-bond donors (Lipinski definition) is 2. The first kappa shape index (κ1) is 13.5. The van der Waals surface area contributed by atoms with Crippen molar-refractivity contribution >= 4 is 39.7 Å². The molecule has 2 aromatic heterocycles. The second kappa shape index (κ2) is 4.82. The Kier molecular flexibility index (Phi) is 3.25. The third-order valence-electron chi connectivity index (χ3n) is 3.79. The van der Waals surface area contributed by atoms with Crippen LogP contribution >= 0.6 is 23.6 Å². The highest BCUT2D eigenvalue weighted by atomic mass is 32.1. The van der Waals surface area contributed by atoms with Crippen LogP contribution in [-0.2, 0) is 17.6 Å². The van der Waals surface area contributed by atoms with E-state index in [0.717, 1.165) is 36.1 Å². The predicted molar refractivity (Wildman–Crippen MR) is 80.3 cm³/mol. The molecule has 0 amide bonds. The van der Waals surface area contributed by atoms with Gasteiger partial charge in [0.1, 0.15) is 10.9 Å². The van der Waals surface area contributed by atoms with E-state index >= 15 is 0 Å². The summed E-state index contributed by atoms with van der Waals surface area (Å²) in [5, 5.41) is 9.76. The molecule has 0 bridgehead atoms. The Morgan fingerprint density at radius 3 is 2.85 bits per heavy atom. The zero-order valence-corrected chi connectivity index (χ0v) is 12.6. The number of H-pyrrole nitrogens is 1. The number of nitrogens with one attached hydrogen (secondary N) is 1. The molecule has 1 aliphatic carbocycles. The van der Waals surface area contributed by atoms with Crippen LogP contribution in [0.3, 0.4) is 0 Å². The molecular formula is C13H14N2O3S2. The number of carboxylic acid groups (broad SMARTS) is 1. The van der Waals surface area contributed by atoms with Crippen LogP contribution in [0.4, 0.5) is 0 Å². The topological polar surface area (TPSA) is 75.1 Å². The minimum atomic E-state index is -1.06. The van der Waals surface area contributed by atoms with E-state index in [0.29, 0.717) is 5.39 Å². The molecule has 2 aromatic rings. The summed E-state index contributed by atoms with van der Waals surface area (Å²) < 4.78 is 1.35. The van der Waals surface area contributed by atoms with Crippen LogP contribution in [0.25, 0.3) is 10.2 Å². The molecule has 7 heteroatoms. The number of aryl methyl sites for hydroxylation is 2. The van der Waals surface area contributed by atoms with E-state index in [1.165, 1.54) is 16.4 Å². The number of carboxylic acids is 1. The van der Waals surface area contributed by atoms with Crippen molar-refractivity contribution in [2.75, 3.05) is 0 Å². The van der Waals surface area contributed by atoms with Crippen LogP contribution < -0.4 is 5.56 Å². The van der Waals surface area contributed by atoms with Crippen molar-refractivity contribution in [3.8, 4) is 0 Å². The zero-order valence-electron chi connectivity index (χ0n) is 10.9. The van der Waals surface area contributed by atoms with Crippen LogP contribution in [0, 0.1) is 4.77 Å². The first-order valence-corrected chi connectivity index (χ1v) is 7.75. The third-order valence-corrected chi connectivity index (χ3v) is 5.29. The summed E-state index contributed by atoms with van der Waals surface area (Å²) >= 11 is 6.73. The molecule has 0 unspecified atom stereocenters. The van der Waals surface area contributed by atoms with Crippen molar-refractivity contribution in [1.82, 2.24) is 9.55 Å². The monoisotopic (exact) mass is 310 g/mol. The summed E-state index contributed by atoms with van der Waals surface area (Å²) in [6.45, 7) is 1.47. The number of aromatic amines is 1. The lowest BCUT2D eigenvalue weighted by Gasteiger charge is -2.12. The molecule has 20 heavy (non-hydrogen) atoms. The van der Waals surface area contributed by atoms with Crippen molar-refractivity contribution in [2.45, 2.75) is 38.6 Å². The van der Waals surface area contributed by atoms with Crippen LogP contribution in [0.5, 0.6) is 0 Å². The molecule has 0 aromatic carbocycles.